The summed E-state index contributed by atoms with van der Waals surface area (Å²) >= 11 is 1.14. The molecule has 18 heavy (non-hydrogen) atoms. The van der Waals surface area contributed by atoms with Gasteiger partial charge in [0.2, 0.25) is 0 Å². The van der Waals surface area contributed by atoms with E-state index in [2.05, 4.69) is 5.32 Å². The molecule has 6 heteroatoms. The Morgan fingerprint density at radius 3 is 2.83 bits per heavy atom. The van der Waals surface area contributed by atoms with Crippen LogP contribution >= 0.6 is 11.3 Å². The Balaban J connectivity index is 2.51. The number of rotatable bonds is 2. The Bertz CT molecular complexity index is 520. The van der Waals surface area contributed by atoms with E-state index >= 15 is 0 Å². The van der Waals surface area contributed by atoms with Crippen molar-refractivity contribution in [2.75, 3.05) is 12.3 Å². The fourth-order valence-electron chi connectivity index (χ4n) is 2.11. The van der Waals surface area contributed by atoms with E-state index < -0.39 is 5.97 Å². The van der Waals surface area contributed by atoms with Crippen molar-refractivity contribution in [2.45, 2.75) is 32.7 Å². The highest BCUT2D eigenvalue weighted by Gasteiger charge is 2.36. The second kappa shape index (κ2) is 4.28. The molecule has 1 amide bonds. The summed E-state index contributed by atoms with van der Waals surface area (Å²) in [4.78, 5) is 24.4. The minimum absolute atomic E-state index is 0.173. The number of carbonyl (C=O) groups is 2. The van der Waals surface area contributed by atoms with E-state index in [1.807, 2.05) is 13.8 Å². The zero-order valence-electron chi connectivity index (χ0n) is 10.6. The van der Waals surface area contributed by atoms with Crippen LogP contribution in [0.2, 0.25) is 0 Å². The third-order valence-corrected chi connectivity index (χ3v) is 3.85. The Morgan fingerprint density at radius 2 is 2.22 bits per heavy atom. The lowest BCUT2D eigenvalue weighted by atomic mass is 9.89. The van der Waals surface area contributed by atoms with Gasteiger partial charge >= 0.3 is 5.97 Å². The first kappa shape index (κ1) is 12.9. The Hall–Kier alpha value is -1.56. The number of carbonyl (C=O) groups excluding carboxylic acids is 2. The van der Waals surface area contributed by atoms with E-state index in [9.17, 15) is 9.59 Å². The maximum atomic E-state index is 11.9. The van der Waals surface area contributed by atoms with E-state index in [1.54, 1.807) is 6.92 Å². The molecule has 0 unspecified atom stereocenters. The topological polar surface area (TPSA) is 81.4 Å². The average molecular weight is 268 g/mol. The smallest absolute Gasteiger partial charge is 0.341 e. The van der Waals surface area contributed by atoms with Gasteiger partial charge < -0.3 is 15.8 Å². The van der Waals surface area contributed by atoms with Gasteiger partial charge in [0.15, 0.2) is 0 Å². The number of thiophene rings is 1. The zero-order valence-corrected chi connectivity index (χ0v) is 11.4. The molecule has 5 nitrogen and oxygen atoms in total. The van der Waals surface area contributed by atoms with Crippen LogP contribution in [0, 0.1) is 0 Å². The largest absolute Gasteiger partial charge is 0.462 e. The van der Waals surface area contributed by atoms with Crippen molar-refractivity contribution >= 4 is 28.2 Å². The lowest BCUT2D eigenvalue weighted by molar-refractivity contribution is 0.0526. The van der Waals surface area contributed by atoms with Crippen molar-refractivity contribution in [2.24, 2.45) is 0 Å². The van der Waals surface area contributed by atoms with E-state index in [0.29, 0.717) is 34.0 Å². The van der Waals surface area contributed by atoms with Crippen LogP contribution in [0.25, 0.3) is 0 Å². The standard InChI is InChI=1S/C12H16N2O3S/c1-4-17-11(16)7-6-5-12(2,3)14-10(15)8(6)18-9(7)13/h4-5,13H2,1-3H3,(H,14,15). The molecule has 3 N–H and O–H groups in total. The molecule has 0 radical (unpaired) electrons. The number of esters is 1. The SMILES string of the molecule is CCOC(=O)c1c(N)sc2c1CC(C)(C)NC2=O. The lowest BCUT2D eigenvalue weighted by Crippen LogP contribution is -2.48. The van der Waals surface area contributed by atoms with E-state index in [-0.39, 0.29) is 11.4 Å². The maximum absolute atomic E-state index is 11.9. The summed E-state index contributed by atoms with van der Waals surface area (Å²) in [6.45, 7) is 5.86. The molecule has 0 spiro atoms. The summed E-state index contributed by atoms with van der Waals surface area (Å²) in [6.07, 6.45) is 0.579. The van der Waals surface area contributed by atoms with Gasteiger partial charge in [0, 0.05) is 5.54 Å². The first-order chi connectivity index (χ1) is 8.35. The third kappa shape index (κ3) is 2.08. The molecule has 2 rings (SSSR count). The maximum Gasteiger partial charge on any atom is 0.341 e. The normalized spacial score (nSPS) is 16.9. The highest BCUT2D eigenvalue weighted by molar-refractivity contribution is 7.18. The molecule has 1 aromatic heterocycles. The second-order valence-electron chi connectivity index (χ2n) is 4.88. The molecule has 0 atom stereocenters. The molecular weight excluding hydrogens is 252 g/mol. The molecule has 0 aliphatic carbocycles. The van der Waals surface area contributed by atoms with Crippen LogP contribution in [0.1, 0.15) is 46.4 Å². The molecule has 0 aromatic carbocycles. The van der Waals surface area contributed by atoms with E-state index in [1.165, 1.54) is 0 Å². The van der Waals surface area contributed by atoms with Crippen molar-refractivity contribution in [3.63, 3.8) is 0 Å². The predicted molar refractivity (Wildman–Crippen MR) is 69.9 cm³/mol. The van der Waals surface area contributed by atoms with Crippen molar-refractivity contribution in [3.05, 3.63) is 16.0 Å². The van der Waals surface area contributed by atoms with E-state index in [0.717, 1.165) is 11.3 Å². The van der Waals surface area contributed by atoms with Gasteiger partial charge in [-0.25, -0.2) is 4.79 Å². The molecule has 1 aromatic rings. The summed E-state index contributed by atoms with van der Waals surface area (Å²) in [5, 5.41) is 3.24. The van der Waals surface area contributed by atoms with Gasteiger partial charge in [0.05, 0.1) is 17.0 Å². The molecule has 0 fully saturated rings. The number of nitrogen functional groups attached to an aromatic ring is 1. The molecular formula is C12H16N2O3S. The van der Waals surface area contributed by atoms with Gasteiger partial charge in [0.25, 0.3) is 5.91 Å². The molecule has 0 saturated carbocycles. The summed E-state index contributed by atoms with van der Waals surface area (Å²) in [5.74, 6) is -0.619. The van der Waals surface area contributed by atoms with Crippen molar-refractivity contribution in [3.8, 4) is 0 Å². The third-order valence-electron chi connectivity index (χ3n) is 2.79. The molecule has 2 heterocycles. The van der Waals surface area contributed by atoms with Gasteiger partial charge in [-0.1, -0.05) is 0 Å². The van der Waals surface area contributed by atoms with Crippen LogP contribution in [0.15, 0.2) is 0 Å². The van der Waals surface area contributed by atoms with Gasteiger partial charge in [-0.15, -0.1) is 11.3 Å². The first-order valence-electron chi connectivity index (χ1n) is 5.76. The Labute approximate surface area is 109 Å². The minimum Gasteiger partial charge on any atom is -0.462 e. The first-order valence-corrected chi connectivity index (χ1v) is 6.58. The second-order valence-corrected chi connectivity index (χ2v) is 5.94. The Kier molecular flexibility index (Phi) is 3.06. The van der Waals surface area contributed by atoms with Crippen LogP contribution in [-0.2, 0) is 11.2 Å². The quantitative estimate of drug-likeness (QED) is 0.798. The number of hydrogen-bond donors (Lipinski definition) is 2. The van der Waals surface area contributed by atoms with Crippen molar-refractivity contribution < 1.29 is 14.3 Å². The molecule has 1 aliphatic rings. The number of nitrogens with one attached hydrogen (secondary N) is 1. The Morgan fingerprint density at radius 1 is 1.56 bits per heavy atom. The number of amides is 1. The van der Waals surface area contributed by atoms with Crippen LogP contribution in [0.5, 0.6) is 0 Å². The van der Waals surface area contributed by atoms with Crippen molar-refractivity contribution in [1.29, 1.82) is 0 Å². The fourth-order valence-corrected chi connectivity index (χ4v) is 3.08. The fraction of sp³-hybridized carbons (Fsp3) is 0.500. The summed E-state index contributed by atoms with van der Waals surface area (Å²) in [6, 6.07) is 0. The zero-order chi connectivity index (χ0) is 13.5. The van der Waals surface area contributed by atoms with Gasteiger partial charge in [0.1, 0.15) is 5.00 Å². The molecule has 1 aliphatic heterocycles. The highest BCUT2D eigenvalue weighted by atomic mass is 32.1. The number of anilines is 1. The van der Waals surface area contributed by atoms with Crippen LogP contribution in [-0.4, -0.2) is 24.0 Å². The van der Waals surface area contributed by atoms with Gasteiger partial charge in [-0.05, 0) is 32.8 Å². The minimum atomic E-state index is -0.446. The van der Waals surface area contributed by atoms with E-state index in [4.69, 9.17) is 10.5 Å². The summed E-state index contributed by atoms with van der Waals surface area (Å²) in [5.41, 5.74) is 6.54. The van der Waals surface area contributed by atoms with Crippen LogP contribution in [0.3, 0.4) is 0 Å². The number of nitrogens with two attached hydrogens (primary N) is 1. The van der Waals surface area contributed by atoms with Crippen LogP contribution in [0.4, 0.5) is 5.00 Å². The average Bonchev–Trinajstić information content (AvgIpc) is 2.53. The number of fused-ring (bicyclic) bond motifs is 1. The summed E-state index contributed by atoms with van der Waals surface area (Å²) < 4.78 is 4.99. The van der Waals surface area contributed by atoms with Gasteiger partial charge in [-0.2, -0.15) is 0 Å². The summed E-state index contributed by atoms with van der Waals surface area (Å²) in [7, 11) is 0. The molecule has 0 bridgehead atoms. The van der Waals surface area contributed by atoms with Gasteiger partial charge in [-0.3, -0.25) is 4.79 Å². The lowest BCUT2D eigenvalue weighted by Gasteiger charge is -2.30. The molecule has 98 valence electrons. The highest BCUT2D eigenvalue weighted by Crippen LogP contribution is 2.36. The number of hydrogen-bond acceptors (Lipinski definition) is 5. The molecule has 0 saturated heterocycles. The predicted octanol–water partition coefficient (Wildman–Crippen LogP) is 1.57. The van der Waals surface area contributed by atoms with Crippen LogP contribution < -0.4 is 11.1 Å². The monoisotopic (exact) mass is 268 g/mol. The number of ether oxygens (including phenoxy) is 1. The van der Waals surface area contributed by atoms with Crippen molar-refractivity contribution in [1.82, 2.24) is 5.32 Å².